The zero-order chi connectivity index (χ0) is 8.97. The Balaban J connectivity index is 2.18. The summed E-state index contributed by atoms with van der Waals surface area (Å²) in [4.78, 5) is 10.2. The van der Waals surface area contributed by atoms with Crippen LogP contribution in [0.25, 0.3) is 0 Å². The lowest BCUT2D eigenvalue weighted by Crippen LogP contribution is -2.32. The Bertz CT molecular complexity index is 160. The summed E-state index contributed by atoms with van der Waals surface area (Å²) in [6.45, 7) is 1.36. The van der Waals surface area contributed by atoms with E-state index in [2.05, 4.69) is 0 Å². The van der Waals surface area contributed by atoms with Gasteiger partial charge in [-0.25, -0.2) is 0 Å². The zero-order valence-corrected chi connectivity index (χ0v) is 7.07. The SMILES string of the molecule is O=C(O)CCC1CCCN(O)C1. The standard InChI is InChI=1S/C8H15NO3/c10-8(11)4-3-7-2-1-5-9(12)6-7/h7,12H,1-6H2,(H,10,11). The van der Waals surface area contributed by atoms with E-state index in [4.69, 9.17) is 10.3 Å². The number of aliphatic carboxylic acids is 1. The maximum absolute atomic E-state index is 10.2. The van der Waals surface area contributed by atoms with Crippen LogP contribution >= 0.6 is 0 Å². The third-order valence-electron chi connectivity index (χ3n) is 2.26. The molecule has 1 fully saturated rings. The third-order valence-corrected chi connectivity index (χ3v) is 2.26. The van der Waals surface area contributed by atoms with E-state index in [1.165, 1.54) is 5.06 Å². The van der Waals surface area contributed by atoms with Gasteiger partial charge in [0.25, 0.3) is 0 Å². The van der Waals surface area contributed by atoms with Gasteiger partial charge in [-0.2, -0.15) is 5.06 Å². The molecule has 0 amide bonds. The van der Waals surface area contributed by atoms with Crippen LogP contribution in [0.2, 0.25) is 0 Å². The molecule has 0 radical (unpaired) electrons. The molecule has 0 aromatic rings. The van der Waals surface area contributed by atoms with Gasteiger partial charge < -0.3 is 10.3 Å². The van der Waals surface area contributed by atoms with Crippen LogP contribution in [0.1, 0.15) is 25.7 Å². The molecular weight excluding hydrogens is 158 g/mol. The second-order valence-electron chi connectivity index (χ2n) is 3.35. The second kappa shape index (κ2) is 4.42. The number of hydroxylamine groups is 2. The average Bonchev–Trinajstić information content (AvgIpc) is 2.01. The molecule has 1 rings (SSSR count). The van der Waals surface area contributed by atoms with E-state index in [9.17, 15) is 4.79 Å². The fraction of sp³-hybridized carbons (Fsp3) is 0.875. The van der Waals surface area contributed by atoms with Crippen molar-refractivity contribution < 1.29 is 15.1 Å². The lowest BCUT2D eigenvalue weighted by molar-refractivity contribution is -0.139. The molecule has 0 spiro atoms. The highest BCUT2D eigenvalue weighted by atomic mass is 16.5. The molecule has 12 heavy (non-hydrogen) atoms. The summed E-state index contributed by atoms with van der Waals surface area (Å²) in [5.74, 6) is -0.384. The Labute approximate surface area is 71.8 Å². The first-order valence-corrected chi connectivity index (χ1v) is 4.34. The highest BCUT2D eigenvalue weighted by Gasteiger charge is 2.18. The summed E-state index contributed by atoms with van der Waals surface area (Å²) in [6.07, 6.45) is 2.93. The first kappa shape index (κ1) is 9.48. The molecule has 1 aliphatic rings. The smallest absolute Gasteiger partial charge is 0.303 e. The first-order chi connectivity index (χ1) is 5.68. The molecule has 0 aliphatic carbocycles. The van der Waals surface area contributed by atoms with Gasteiger partial charge in [-0.1, -0.05) is 0 Å². The van der Waals surface area contributed by atoms with Crippen LogP contribution in [0.4, 0.5) is 0 Å². The number of nitrogens with zero attached hydrogens (tertiary/aromatic N) is 1. The van der Waals surface area contributed by atoms with Crippen LogP contribution in [0.3, 0.4) is 0 Å². The molecular formula is C8H15NO3. The Morgan fingerprint density at radius 3 is 2.92 bits per heavy atom. The minimum atomic E-state index is -0.745. The molecule has 0 bridgehead atoms. The van der Waals surface area contributed by atoms with Crippen molar-refractivity contribution in [3.63, 3.8) is 0 Å². The van der Waals surface area contributed by atoms with E-state index >= 15 is 0 Å². The monoisotopic (exact) mass is 173 g/mol. The molecule has 0 aromatic heterocycles. The molecule has 0 aromatic carbocycles. The molecule has 2 N–H and O–H groups in total. The van der Waals surface area contributed by atoms with Crippen molar-refractivity contribution in [3.8, 4) is 0 Å². The molecule has 1 saturated heterocycles. The van der Waals surface area contributed by atoms with Crippen LogP contribution in [0, 0.1) is 5.92 Å². The summed E-state index contributed by atoms with van der Waals surface area (Å²) in [6, 6.07) is 0. The number of piperidine rings is 1. The van der Waals surface area contributed by atoms with Gasteiger partial charge in [0.15, 0.2) is 0 Å². The number of hydrogen-bond acceptors (Lipinski definition) is 3. The minimum absolute atomic E-state index is 0.221. The number of carbonyl (C=O) groups is 1. The van der Waals surface area contributed by atoms with Crippen LogP contribution in [-0.2, 0) is 4.79 Å². The van der Waals surface area contributed by atoms with Crippen molar-refractivity contribution in [2.75, 3.05) is 13.1 Å². The third kappa shape index (κ3) is 3.19. The lowest BCUT2D eigenvalue weighted by Gasteiger charge is -2.27. The van der Waals surface area contributed by atoms with E-state index in [-0.39, 0.29) is 6.42 Å². The Morgan fingerprint density at radius 1 is 1.58 bits per heavy atom. The quantitative estimate of drug-likeness (QED) is 0.667. The maximum atomic E-state index is 10.2. The Kier molecular flexibility index (Phi) is 3.49. The zero-order valence-electron chi connectivity index (χ0n) is 7.07. The van der Waals surface area contributed by atoms with Crippen molar-refractivity contribution in [1.29, 1.82) is 0 Å². The van der Waals surface area contributed by atoms with Gasteiger partial charge >= 0.3 is 5.97 Å². The minimum Gasteiger partial charge on any atom is -0.481 e. The average molecular weight is 173 g/mol. The van der Waals surface area contributed by atoms with Gasteiger partial charge in [-0.3, -0.25) is 4.79 Å². The summed E-state index contributed by atoms with van der Waals surface area (Å²) < 4.78 is 0. The van der Waals surface area contributed by atoms with E-state index in [0.717, 1.165) is 19.4 Å². The van der Waals surface area contributed by atoms with Crippen molar-refractivity contribution in [2.24, 2.45) is 5.92 Å². The van der Waals surface area contributed by atoms with Gasteiger partial charge in [0.1, 0.15) is 0 Å². The molecule has 1 heterocycles. The van der Waals surface area contributed by atoms with Crippen LogP contribution < -0.4 is 0 Å². The molecule has 1 unspecified atom stereocenters. The maximum Gasteiger partial charge on any atom is 0.303 e. The largest absolute Gasteiger partial charge is 0.481 e. The summed E-state index contributed by atoms with van der Waals surface area (Å²) in [5.41, 5.74) is 0. The predicted molar refractivity (Wildman–Crippen MR) is 43.0 cm³/mol. The second-order valence-corrected chi connectivity index (χ2v) is 3.35. The fourth-order valence-electron chi connectivity index (χ4n) is 1.61. The van der Waals surface area contributed by atoms with Crippen molar-refractivity contribution >= 4 is 5.97 Å². The van der Waals surface area contributed by atoms with Crippen molar-refractivity contribution in [1.82, 2.24) is 5.06 Å². The lowest BCUT2D eigenvalue weighted by atomic mass is 9.94. The molecule has 70 valence electrons. The van der Waals surface area contributed by atoms with Gasteiger partial charge in [-0.15, -0.1) is 0 Å². The van der Waals surface area contributed by atoms with Crippen molar-refractivity contribution in [2.45, 2.75) is 25.7 Å². The highest BCUT2D eigenvalue weighted by molar-refractivity contribution is 5.66. The van der Waals surface area contributed by atoms with Crippen LogP contribution in [0.15, 0.2) is 0 Å². The molecule has 4 heteroatoms. The molecule has 0 saturated carbocycles. The topological polar surface area (TPSA) is 60.8 Å². The number of hydrogen-bond donors (Lipinski definition) is 2. The normalized spacial score (nSPS) is 25.6. The van der Waals surface area contributed by atoms with Gasteiger partial charge in [0.05, 0.1) is 0 Å². The Hall–Kier alpha value is -0.610. The van der Waals surface area contributed by atoms with Crippen LogP contribution in [0.5, 0.6) is 0 Å². The highest BCUT2D eigenvalue weighted by Crippen LogP contribution is 2.19. The van der Waals surface area contributed by atoms with E-state index in [0.29, 0.717) is 18.9 Å². The molecule has 4 nitrogen and oxygen atoms in total. The number of rotatable bonds is 3. The fourth-order valence-corrected chi connectivity index (χ4v) is 1.61. The van der Waals surface area contributed by atoms with Gasteiger partial charge in [0, 0.05) is 19.5 Å². The first-order valence-electron chi connectivity index (χ1n) is 4.34. The molecule has 1 atom stereocenters. The van der Waals surface area contributed by atoms with Gasteiger partial charge in [0.2, 0.25) is 0 Å². The Morgan fingerprint density at radius 2 is 2.33 bits per heavy atom. The predicted octanol–water partition coefficient (Wildman–Crippen LogP) is 0.952. The van der Waals surface area contributed by atoms with Crippen LogP contribution in [-0.4, -0.2) is 34.4 Å². The van der Waals surface area contributed by atoms with E-state index < -0.39 is 5.97 Å². The van der Waals surface area contributed by atoms with Crippen molar-refractivity contribution in [3.05, 3.63) is 0 Å². The number of carboxylic acids is 1. The van der Waals surface area contributed by atoms with E-state index in [1.54, 1.807) is 0 Å². The summed E-state index contributed by atoms with van der Waals surface area (Å²) in [7, 11) is 0. The number of carboxylic acid groups (broad SMARTS) is 1. The van der Waals surface area contributed by atoms with Gasteiger partial charge in [-0.05, 0) is 25.2 Å². The summed E-state index contributed by atoms with van der Waals surface area (Å²) >= 11 is 0. The van der Waals surface area contributed by atoms with E-state index in [1.807, 2.05) is 0 Å². The summed E-state index contributed by atoms with van der Waals surface area (Å²) in [5, 5.41) is 18.9. The molecule has 1 aliphatic heterocycles.